The molecule has 4 rings (SSSR count). The number of hydrogen-bond donors (Lipinski definition) is 2. The fourth-order valence-electron chi connectivity index (χ4n) is 4.78. The smallest absolute Gasteiger partial charge is 0.416 e. The number of aliphatic hydroxyl groups excluding tert-OH is 1. The molecule has 216 valence electrons. The summed E-state index contributed by atoms with van der Waals surface area (Å²) in [6.07, 6.45) is 1.07. The molecular weight excluding hydrogens is 527 g/mol. The first kappa shape index (κ1) is 31.3. The van der Waals surface area contributed by atoms with E-state index in [0.29, 0.717) is 25.2 Å². The molecule has 2 aliphatic rings. The van der Waals surface area contributed by atoms with Crippen molar-refractivity contribution < 1.29 is 28.2 Å². The Morgan fingerprint density at radius 3 is 2.18 bits per heavy atom. The highest BCUT2D eigenvalue weighted by Crippen LogP contribution is 2.49. The lowest BCUT2D eigenvalue weighted by atomic mass is 10.1. The van der Waals surface area contributed by atoms with Gasteiger partial charge in [-0.3, -0.25) is 9.69 Å². The molecule has 2 aliphatic heterocycles. The van der Waals surface area contributed by atoms with Gasteiger partial charge in [0.2, 0.25) is 0 Å². The van der Waals surface area contributed by atoms with E-state index in [4.69, 9.17) is 10.2 Å². The SMILES string of the molecule is CCCCCCC(=O)O.OCCN1CCN(CCCN2c3ccccc3Sc3ccc(C(F)(F)F)cc32)CC1. The number of halogens is 3. The normalized spacial score (nSPS) is 15.8. The number of nitrogens with zero attached hydrogens (tertiary/aromatic N) is 3. The van der Waals surface area contributed by atoms with Crippen molar-refractivity contribution in [1.82, 2.24) is 9.80 Å². The van der Waals surface area contributed by atoms with Gasteiger partial charge < -0.3 is 20.0 Å². The number of unbranched alkanes of at least 4 members (excludes halogenated alkanes) is 3. The molecule has 0 aliphatic carbocycles. The third kappa shape index (κ3) is 9.70. The molecule has 0 unspecified atom stereocenters. The maximum atomic E-state index is 13.3. The number of β-amino-alcohol motifs (C(OH)–C–C–N with tert-alkyl or cyclic N) is 1. The fourth-order valence-corrected chi connectivity index (χ4v) is 5.86. The van der Waals surface area contributed by atoms with E-state index in [9.17, 15) is 18.0 Å². The number of carboxylic acids is 1. The summed E-state index contributed by atoms with van der Waals surface area (Å²) in [7, 11) is 0. The highest BCUT2D eigenvalue weighted by Gasteiger charge is 2.33. The van der Waals surface area contributed by atoms with Gasteiger partial charge in [-0.05, 0) is 49.7 Å². The molecular formula is C29H40F3N3O3S. The molecule has 2 N–H and O–H groups in total. The summed E-state index contributed by atoms with van der Waals surface area (Å²) in [6.45, 7) is 8.40. The average Bonchev–Trinajstić information content (AvgIpc) is 2.91. The Kier molecular flexibility index (Phi) is 12.4. The summed E-state index contributed by atoms with van der Waals surface area (Å²) in [4.78, 5) is 18.6. The van der Waals surface area contributed by atoms with Gasteiger partial charge in [-0.1, -0.05) is 50.1 Å². The van der Waals surface area contributed by atoms with Gasteiger partial charge in [-0.25, -0.2) is 0 Å². The number of aliphatic hydroxyl groups is 1. The predicted octanol–water partition coefficient (Wildman–Crippen LogP) is 6.35. The van der Waals surface area contributed by atoms with Gasteiger partial charge in [0.15, 0.2) is 0 Å². The van der Waals surface area contributed by atoms with Gasteiger partial charge in [0.05, 0.1) is 23.5 Å². The first-order valence-corrected chi connectivity index (χ1v) is 14.6. The van der Waals surface area contributed by atoms with E-state index < -0.39 is 17.7 Å². The number of alkyl halides is 3. The van der Waals surface area contributed by atoms with E-state index in [1.165, 1.54) is 30.3 Å². The monoisotopic (exact) mass is 567 g/mol. The molecule has 1 fully saturated rings. The van der Waals surface area contributed by atoms with Gasteiger partial charge in [0, 0.05) is 55.5 Å². The third-order valence-corrected chi connectivity index (χ3v) is 8.06. The highest BCUT2D eigenvalue weighted by molar-refractivity contribution is 7.99. The van der Waals surface area contributed by atoms with Crippen LogP contribution in [-0.4, -0.2) is 78.4 Å². The summed E-state index contributed by atoms with van der Waals surface area (Å²) in [6, 6.07) is 11.9. The number of benzene rings is 2. The van der Waals surface area contributed by atoms with Crippen molar-refractivity contribution in [2.75, 3.05) is 57.3 Å². The number of carbonyl (C=O) groups is 1. The van der Waals surface area contributed by atoms with Gasteiger partial charge in [-0.2, -0.15) is 13.2 Å². The zero-order valence-corrected chi connectivity index (χ0v) is 23.4. The van der Waals surface area contributed by atoms with Crippen molar-refractivity contribution in [1.29, 1.82) is 0 Å². The number of anilines is 2. The van der Waals surface area contributed by atoms with Crippen LogP contribution in [0.15, 0.2) is 52.3 Å². The third-order valence-electron chi connectivity index (χ3n) is 6.93. The van der Waals surface area contributed by atoms with Crippen molar-refractivity contribution in [3.8, 4) is 0 Å². The Morgan fingerprint density at radius 1 is 0.872 bits per heavy atom. The van der Waals surface area contributed by atoms with Crippen LogP contribution in [0.1, 0.15) is 51.0 Å². The quantitative estimate of drug-likeness (QED) is 0.307. The fraction of sp³-hybridized carbons (Fsp3) is 0.552. The molecule has 0 saturated carbocycles. The lowest BCUT2D eigenvalue weighted by Crippen LogP contribution is -2.47. The van der Waals surface area contributed by atoms with Crippen LogP contribution in [0.2, 0.25) is 0 Å². The molecule has 2 aromatic carbocycles. The summed E-state index contributed by atoms with van der Waals surface area (Å²) < 4.78 is 39.9. The summed E-state index contributed by atoms with van der Waals surface area (Å²) in [5.74, 6) is -0.675. The average molecular weight is 568 g/mol. The standard InChI is InChI=1S/C22H26F3N3OS.C7H14O2/c23-22(24,25)17-6-7-21-19(16-17)28(18-4-1-2-5-20(18)30-21)9-3-8-26-10-12-27(13-11-26)14-15-29;1-2-3-4-5-6-7(8)9/h1-2,4-7,16,29H,3,8-15H2;2-6H2,1H3,(H,8,9). The van der Waals surface area contributed by atoms with E-state index in [1.807, 2.05) is 29.2 Å². The zero-order chi connectivity index (χ0) is 28.3. The topological polar surface area (TPSA) is 67.2 Å². The second-order valence-corrected chi connectivity index (χ2v) is 11.0. The number of aliphatic carboxylic acids is 1. The number of fused-ring (bicyclic) bond motifs is 2. The molecule has 0 spiro atoms. The largest absolute Gasteiger partial charge is 0.481 e. The maximum Gasteiger partial charge on any atom is 0.416 e. The predicted molar refractivity (Wildman–Crippen MR) is 150 cm³/mol. The van der Waals surface area contributed by atoms with Gasteiger partial charge in [0.25, 0.3) is 0 Å². The Bertz CT molecular complexity index is 1050. The van der Waals surface area contributed by atoms with Crippen molar-refractivity contribution in [3.05, 3.63) is 48.0 Å². The molecule has 0 amide bonds. The molecule has 2 aromatic rings. The van der Waals surface area contributed by atoms with Crippen LogP contribution in [0.3, 0.4) is 0 Å². The Balaban J connectivity index is 0.000000403. The lowest BCUT2D eigenvalue weighted by molar-refractivity contribution is -0.138. The number of rotatable bonds is 11. The minimum atomic E-state index is -4.35. The molecule has 2 heterocycles. The number of piperazine rings is 1. The van der Waals surface area contributed by atoms with Crippen LogP contribution in [0, 0.1) is 0 Å². The Hall–Kier alpha value is -2.27. The molecule has 6 nitrogen and oxygen atoms in total. The van der Waals surface area contributed by atoms with Crippen LogP contribution in [0.25, 0.3) is 0 Å². The molecule has 0 bridgehead atoms. The molecule has 39 heavy (non-hydrogen) atoms. The van der Waals surface area contributed by atoms with Gasteiger partial charge in [0.1, 0.15) is 0 Å². The van der Waals surface area contributed by atoms with Crippen LogP contribution in [0.5, 0.6) is 0 Å². The second-order valence-electron chi connectivity index (χ2n) is 9.87. The first-order valence-electron chi connectivity index (χ1n) is 13.8. The second kappa shape index (κ2) is 15.5. The Labute approximate surface area is 233 Å². The van der Waals surface area contributed by atoms with Crippen molar-refractivity contribution in [2.45, 2.75) is 61.4 Å². The van der Waals surface area contributed by atoms with Crippen molar-refractivity contribution >= 4 is 29.1 Å². The maximum absolute atomic E-state index is 13.3. The number of carboxylic acid groups (broad SMARTS) is 1. The van der Waals surface area contributed by atoms with Gasteiger partial charge in [-0.15, -0.1) is 0 Å². The first-order chi connectivity index (χ1) is 18.7. The van der Waals surface area contributed by atoms with E-state index >= 15 is 0 Å². The minimum Gasteiger partial charge on any atom is -0.481 e. The van der Waals surface area contributed by atoms with Crippen molar-refractivity contribution in [3.63, 3.8) is 0 Å². The number of para-hydroxylation sites is 1. The van der Waals surface area contributed by atoms with Gasteiger partial charge >= 0.3 is 12.1 Å². The van der Waals surface area contributed by atoms with Crippen LogP contribution < -0.4 is 4.90 Å². The minimum absolute atomic E-state index is 0.186. The lowest BCUT2D eigenvalue weighted by Gasteiger charge is -2.36. The summed E-state index contributed by atoms with van der Waals surface area (Å²) >= 11 is 1.53. The summed E-state index contributed by atoms with van der Waals surface area (Å²) in [5, 5.41) is 17.3. The zero-order valence-electron chi connectivity index (χ0n) is 22.6. The van der Waals surface area contributed by atoms with E-state index in [1.54, 1.807) is 6.07 Å². The molecule has 10 heteroatoms. The van der Waals surface area contributed by atoms with E-state index in [2.05, 4.69) is 16.7 Å². The molecule has 0 aromatic heterocycles. The van der Waals surface area contributed by atoms with Crippen LogP contribution in [0.4, 0.5) is 24.5 Å². The molecule has 0 atom stereocenters. The van der Waals surface area contributed by atoms with Crippen molar-refractivity contribution in [2.24, 2.45) is 0 Å². The highest BCUT2D eigenvalue weighted by atomic mass is 32.2. The summed E-state index contributed by atoms with van der Waals surface area (Å²) in [5.41, 5.74) is 1.01. The molecule has 0 radical (unpaired) electrons. The van der Waals surface area contributed by atoms with Crippen LogP contribution >= 0.6 is 11.8 Å². The van der Waals surface area contributed by atoms with E-state index in [-0.39, 0.29) is 6.61 Å². The molecule has 1 saturated heterocycles. The number of hydrogen-bond acceptors (Lipinski definition) is 6. The van der Waals surface area contributed by atoms with E-state index in [0.717, 1.165) is 73.9 Å². The van der Waals surface area contributed by atoms with Crippen LogP contribution in [-0.2, 0) is 11.0 Å². The Morgan fingerprint density at radius 2 is 1.54 bits per heavy atom.